The second kappa shape index (κ2) is 3.09. The minimum atomic E-state index is -0.184. The Kier molecular flexibility index (Phi) is 1.88. The van der Waals surface area contributed by atoms with Gasteiger partial charge < -0.3 is 10.3 Å². The van der Waals surface area contributed by atoms with Crippen LogP contribution in [0.1, 0.15) is 45.4 Å². The van der Waals surface area contributed by atoms with Crippen molar-refractivity contribution in [1.82, 2.24) is 4.57 Å². The molecule has 3 rings (SSSR count). The Morgan fingerprint density at radius 3 is 2.59 bits per heavy atom. The van der Waals surface area contributed by atoms with Gasteiger partial charge in [-0.05, 0) is 32.3 Å². The van der Waals surface area contributed by atoms with Crippen molar-refractivity contribution in [3.8, 4) is 0 Å². The lowest BCUT2D eigenvalue weighted by Gasteiger charge is -2.15. The lowest BCUT2D eigenvalue weighted by molar-refractivity contribution is 0.0968. The number of nitrogens with zero attached hydrogens (tertiary/aromatic N) is 1. The van der Waals surface area contributed by atoms with Gasteiger partial charge in [-0.15, -0.1) is 0 Å². The van der Waals surface area contributed by atoms with Crippen LogP contribution in [0.2, 0.25) is 0 Å². The lowest BCUT2D eigenvalue weighted by atomic mass is 9.90. The number of carbonyl (C=O) groups excluding carboxylic acids is 2. The maximum atomic E-state index is 12.2. The maximum Gasteiger partial charge on any atom is 0.211 e. The van der Waals surface area contributed by atoms with E-state index in [0.717, 1.165) is 30.6 Å². The van der Waals surface area contributed by atoms with Gasteiger partial charge >= 0.3 is 0 Å². The zero-order chi connectivity index (χ0) is 12.3. The van der Waals surface area contributed by atoms with Gasteiger partial charge in [0.2, 0.25) is 11.6 Å². The Hall–Kier alpha value is -1.84. The molecule has 0 bridgehead atoms. The van der Waals surface area contributed by atoms with Crippen molar-refractivity contribution in [3.63, 3.8) is 0 Å². The maximum absolute atomic E-state index is 12.2. The molecule has 0 saturated carbocycles. The number of aromatic nitrogens is 1. The first-order valence-electron chi connectivity index (χ1n) is 5.81. The average Bonchev–Trinajstić information content (AvgIpc) is 2.86. The number of fused-ring (bicyclic) bond motifs is 3. The monoisotopic (exact) mass is 230 g/mol. The van der Waals surface area contributed by atoms with Gasteiger partial charge in [-0.2, -0.15) is 0 Å². The minimum absolute atomic E-state index is 0.0895. The first kappa shape index (κ1) is 10.3. The number of nitrogens with two attached hydrogens (primary N) is 1. The number of carbonyl (C=O) groups is 2. The number of hydrogen-bond acceptors (Lipinski definition) is 3. The number of allylic oxidation sites excluding steroid dienone is 2. The van der Waals surface area contributed by atoms with Gasteiger partial charge in [-0.1, -0.05) is 0 Å². The summed E-state index contributed by atoms with van der Waals surface area (Å²) in [7, 11) is 0. The van der Waals surface area contributed by atoms with Crippen LogP contribution in [0.25, 0.3) is 0 Å². The Bertz CT molecular complexity index is 605. The fraction of sp³-hybridized carbons (Fsp3) is 0.385. The first-order valence-corrected chi connectivity index (χ1v) is 5.81. The van der Waals surface area contributed by atoms with Crippen LogP contribution < -0.4 is 5.73 Å². The van der Waals surface area contributed by atoms with Crippen LogP contribution in [-0.2, 0) is 13.0 Å². The molecular formula is C13H14N2O2. The molecule has 2 aliphatic rings. The van der Waals surface area contributed by atoms with Gasteiger partial charge in [-0.3, -0.25) is 9.59 Å². The first-order chi connectivity index (χ1) is 8.04. The molecule has 1 aromatic heterocycles. The summed E-state index contributed by atoms with van der Waals surface area (Å²) >= 11 is 0. The molecular weight excluding hydrogens is 216 g/mol. The summed E-state index contributed by atoms with van der Waals surface area (Å²) in [6, 6.07) is 0. The van der Waals surface area contributed by atoms with Crippen LogP contribution in [0.15, 0.2) is 11.3 Å². The van der Waals surface area contributed by atoms with Crippen molar-refractivity contribution >= 4 is 11.6 Å². The molecule has 0 saturated heterocycles. The standard InChI is InChI=1S/C13H14N2O2/c1-6-8-4-3-5-15(8)11-9(6)13(17)10(14)7(2)12(11)16/h3-5,14H2,1-2H3. The number of hydrogen-bond donors (Lipinski definition) is 1. The summed E-state index contributed by atoms with van der Waals surface area (Å²) in [5.74, 6) is -0.273. The summed E-state index contributed by atoms with van der Waals surface area (Å²) in [6.07, 6.45) is 1.99. The van der Waals surface area contributed by atoms with Gasteiger partial charge in [0, 0.05) is 17.8 Å². The molecule has 0 spiro atoms. The van der Waals surface area contributed by atoms with E-state index < -0.39 is 0 Å². The van der Waals surface area contributed by atoms with E-state index in [-0.39, 0.29) is 17.3 Å². The Labute approximate surface area is 99.1 Å². The van der Waals surface area contributed by atoms with Crippen LogP contribution in [0.5, 0.6) is 0 Å². The second-order valence-electron chi connectivity index (χ2n) is 4.75. The van der Waals surface area contributed by atoms with Crippen LogP contribution in [-0.4, -0.2) is 16.1 Å². The topological polar surface area (TPSA) is 65.1 Å². The summed E-state index contributed by atoms with van der Waals surface area (Å²) in [4.78, 5) is 24.4. The Morgan fingerprint density at radius 1 is 1.18 bits per heavy atom. The van der Waals surface area contributed by atoms with Crippen molar-refractivity contribution in [3.05, 3.63) is 33.8 Å². The quantitative estimate of drug-likeness (QED) is 0.731. The molecule has 0 fully saturated rings. The smallest absolute Gasteiger partial charge is 0.211 e. The molecule has 1 aromatic rings. The molecule has 2 heterocycles. The van der Waals surface area contributed by atoms with E-state index in [1.807, 2.05) is 11.5 Å². The molecule has 1 aliphatic carbocycles. The van der Waals surface area contributed by atoms with Crippen LogP contribution >= 0.6 is 0 Å². The highest BCUT2D eigenvalue weighted by Gasteiger charge is 2.36. The van der Waals surface area contributed by atoms with Gasteiger partial charge in [0.15, 0.2) is 0 Å². The van der Waals surface area contributed by atoms with E-state index in [0.29, 0.717) is 16.8 Å². The van der Waals surface area contributed by atoms with E-state index in [1.54, 1.807) is 6.92 Å². The summed E-state index contributed by atoms with van der Waals surface area (Å²) in [5, 5.41) is 0. The number of rotatable bonds is 0. The van der Waals surface area contributed by atoms with E-state index in [9.17, 15) is 9.59 Å². The molecule has 0 radical (unpaired) electrons. The highest BCUT2D eigenvalue weighted by molar-refractivity contribution is 6.26. The van der Waals surface area contributed by atoms with Crippen LogP contribution in [0.4, 0.5) is 0 Å². The summed E-state index contributed by atoms with van der Waals surface area (Å²) in [6.45, 7) is 4.37. The second-order valence-corrected chi connectivity index (χ2v) is 4.75. The fourth-order valence-corrected chi connectivity index (χ4v) is 2.89. The molecule has 1 aliphatic heterocycles. The van der Waals surface area contributed by atoms with Crippen molar-refractivity contribution in [2.45, 2.75) is 33.2 Å². The molecule has 0 atom stereocenters. The normalized spacial score (nSPS) is 18.7. The van der Waals surface area contributed by atoms with E-state index in [2.05, 4.69) is 0 Å². The highest BCUT2D eigenvalue weighted by atomic mass is 16.1. The fourth-order valence-electron chi connectivity index (χ4n) is 2.89. The molecule has 17 heavy (non-hydrogen) atoms. The van der Waals surface area contributed by atoms with Gasteiger partial charge in [0.25, 0.3) is 0 Å². The van der Waals surface area contributed by atoms with Gasteiger partial charge in [-0.25, -0.2) is 0 Å². The third kappa shape index (κ3) is 1.07. The average molecular weight is 230 g/mol. The Balaban J connectivity index is 2.36. The van der Waals surface area contributed by atoms with E-state index in [4.69, 9.17) is 5.73 Å². The van der Waals surface area contributed by atoms with Crippen molar-refractivity contribution in [2.75, 3.05) is 0 Å². The number of Topliss-reactive ketones (excluding diaryl/α,β-unsaturated/α-hetero) is 2. The van der Waals surface area contributed by atoms with Gasteiger partial charge in [0.1, 0.15) is 5.69 Å². The van der Waals surface area contributed by atoms with Crippen LogP contribution in [0, 0.1) is 6.92 Å². The predicted molar refractivity (Wildman–Crippen MR) is 63.0 cm³/mol. The molecule has 2 N–H and O–H groups in total. The summed E-state index contributed by atoms with van der Waals surface area (Å²) < 4.78 is 2.00. The highest BCUT2D eigenvalue weighted by Crippen LogP contribution is 2.34. The lowest BCUT2D eigenvalue weighted by Crippen LogP contribution is -2.26. The molecule has 0 aromatic carbocycles. The van der Waals surface area contributed by atoms with Crippen molar-refractivity contribution < 1.29 is 9.59 Å². The number of ketones is 2. The third-order valence-corrected chi connectivity index (χ3v) is 3.87. The van der Waals surface area contributed by atoms with E-state index >= 15 is 0 Å². The van der Waals surface area contributed by atoms with Crippen molar-refractivity contribution in [1.29, 1.82) is 0 Å². The van der Waals surface area contributed by atoms with Gasteiger partial charge in [0.05, 0.1) is 11.3 Å². The van der Waals surface area contributed by atoms with Crippen LogP contribution in [0.3, 0.4) is 0 Å². The minimum Gasteiger partial charge on any atom is -0.395 e. The zero-order valence-corrected chi connectivity index (χ0v) is 9.96. The SMILES string of the molecule is CC1=C(N)C(=O)c2c(C)c3n(c2C1=O)CCC3. The summed E-state index contributed by atoms with van der Waals surface area (Å²) in [5.41, 5.74) is 9.36. The molecule has 0 amide bonds. The van der Waals surface area contributed by atoms with E-state index in [1.165, 1.54) is 0 Å². The third-order valence-electron chi connectivity index (χ3n) is 3.87. The molecule has 4 heteroatoms. The predicted octanol–water partition coefficient (Wildman–Crippen LogP) is 1.35. The Morgan fingerprint density at radius 2 is 1.88 bits per heavy atom. The molecule has 0 unspecified atom stereocenters. The molecule has 4 nitrogen and oxygen atoms in total. The van der Waals surface area contributed by atoms with Crippen molar-refractivity contribution in [2.24, 2.45) is 5.73 Å². The largest absolute Gasteiger partial charge is 0.395 e. The molecule has 88 valence electrons. The zero-order valence-electron chi connectivity index (χ0n) is 9.96.